The van der Waals surface area contributed by atoms with Crippen LogP contribution in [0.25, 0.3) is 5.76 Å². The molecule has 1 aliphatic heterocycles. The second-order valence-electron chi connectivity index (χ2n) is 7.35. The number of esters is 1. The molecule has 0 aromatic heterocycles. The number of hydrogen-bond donors (Lipinski definition) is 1. The standard InChI is InChI=1S/C26H21NO6/c1-32-20-13-7-10-17(15-20)23(28)21-22(16-8-4-3-5-9-16)27(25(30)24(21)29)19-12-6-11-18(14-19)26(31)33-2/h3-15,22,28H,1-2H3/b23-21+. The summed E-state index contributed by atoms with van der Waals surface area (Å²) in [5.41, 5.74) is 1.49. The van der Waals surface area contributed by atoms with Gasteiger partial charge in [-0.25, -0.2) is 4.79 Å². The molecule has 1 saturated heterocycles. The van der Waals surface area contributed by atoms with Gasteiger partial charge in [-0.1, -0.05) is 48.5 Å². The summed E-state index contributed by atoms with van der Waals surface area (Å²) in [5, 5.41) is 11.2. The Morgan fingerprint density at radius 1 is 0.879 bits per heavy atom. The van der Waals surface area contributed by atoms with Crippen molar-refractivity contribution in [2.24, 2.45) is 0 Å². The van der Waals surface area contributed by atoms with Crippen LogP contribution in [0.5, 0.6) is 5.75 Å². The second-order valence-corrected chi connectivity index (χ2v) is 7.35. The lowest BCUT2D eigenvalue weighted by atomic mass is 9.95. The van der Waals surface area contributed by atoms with Crippen molar-refractivity contribution in [2.75, 3.05) is 19.1 Å². The average molecular weight is 443 g/mol. The van der Waals surface area contributed by atoms with Crippen LogP contribution in [0, 0.1) is 0 Å². The highest BCUT2D eigenvalue weighted by atomic mass is 16.5. The van der Waals surface area contributed by atoms with Crippen LogP contribution in [0.1, 0.15) is 27.5 Å². The Morgan fingerprint density at radius 3 is 2.27 bits per heavy atom. The van der Waals surface area contributed by atoms with Gasteiger partial charge in [-0.3, -0.25) is 14.5 Å². The lowest BCUT2D eigenvalue weighted by molar-refractivity contribution is -0.132. The molecule has 0 aliphatic carbocycles. The number of hydrogen-bond acceptors (Lipinski definition) is 6. The van der Waals surface area contributed by atoms with Crippen LogP contribution >= 0.6 is 0 Å². The Kier molecular flexibility index (Phi) is 5.95. The van der Waals surface area contributed by atoms with E-state index in [2.05, 4.69) is 0 Å². The first-order valence-electron chi connectivity index (χ1n) is 10.1. The third kappa shape index (κ3) is 3.96. The number of methoxy groups -OCH3 is 2. The zero-order chi connectivity index (χ0) is 23.5. The molecule has 0 radical (unpaired) electrons. The van der Waals surface area contributed by atoms with E-state index in [1.807, 2.05) is 6.07 Å². The van der Waals surface area contributed by atoms with E-state index >= 15 is 0 Å². The Labute approximate surface area is 190 Å². The molecule has 1 N–H and O–H groups in total. The number of benzene rings is 3. The van der Waals surface area contributed by atoms with Gasteiger partial charge in [-0.05, 0) is 35.9 Å². The maximum atomic E-state index is 13.2. The molecule has 1 fully saturated rings. The summed E-state index contributed by atoms with van der Waals surface area (Å²) in [4.78, 5) is 39.7. The van der Waals surface area contributed by atoms with Gasteiger partial charge in [-0.2, -0.15) is 0 Å². The predicted octanol–water partition coefficient (Wildman–Crippen LogP) is 4.11. The first kappa shape index (κ1) is 21.8. The number of anilines is 1. The van der Waals surface area contributed by atoms with Crippen molar-refractivity contribution in [3.05, 3.63) is 101 Å². The van der Waals surface area contributed by atoms with Gasteiger partial charge in [-0.15, -0.1) is 0 Å². The molecule has 3 aromatic rings. The van der Waals surface area contributed by atoms with E-state index in [4.69, 9.17) is 9.47 Å². The van der Waals surface area contributed by atoms with Crippen LogP contribution in [0.2, 0.25) is 0 Å². The van der Waals surface area contributed by atoms with Crippen LogP contribution in [0.4, 0.5) is 5.69 Å². The van der Waals surface area contributed by atoms with Crippen molar-refractivity contribution in [1.29, 1.82) is 0 Å². The second kappa shape index (κ2) is 9.00. The lowest BCUT2D eigenvalue weighted by Crippen LogP contribution is -2.29. The summed E-state index contributed by atoms with van der Waals surface area (Å²) in [6.07, 6.45) is 0. The number of ketones is 1. The molecular formula is C26H21NO6. The van der Waals surface area contributed by atoms with Crippen LogP contribution in [0.15, 0.2) is 84.4 Å². The monoisotopic (exact) mass is 443 g/mol. The Bertz CT molecular complexity index is 1260. The SMILES string of the molecule is COC(=O)c1cccc(N2C(=O)C(=O)/C(=C(/O)c3cccc(OC)c3)C2c2ccccc2)c1. The zero-order valence-electron chi connectivity index (χ0n) is 18.0. The van der Waals surface area contributed by atoms with Gasteiger partial charge in [0, 0.05) is 11.3 Å². The molecule has 7 heteroatoms. The van der Waals surface area contributed by atoms with E-state index in [0.717, 1.165) is 0 Å². The van der Waals surface area contributed by atoms with Gasteiger partial charge in [0.05, 0.1) is 31.4 Å². The van der Waals surface area contributed by atoms with Gasteiger partial charge in [0.25, 0.3) is 11.7 Å². The number of Topliss-reactive ketones (excluding diaryl/α,β-unsaturated/α-hetero) is 1. The van der Waals surface area contributed by atoms with Crippen LogP contribution in [0.3, 0.4) is 0 Å². The summed E-state index contributed by atoms with van der Waals surface area (Å²) in [6.45, 7) is 0. The molecule has 1 aliphatic rings. The quantitative estimate of drug-likeness (QED) is 0.276. The van der Waals surface area contributed by atoms with E-state index in [-0.39, 0.29) is 16.9 Å². The molecule has 7 nitrogen and oxygen atoms in total. The number of ether oxygens (including phenoxy) is 2. The highest BCUT2D eigenvalue weighted by molar-refractivity contribution is 6.51. The molecule has 3 aromatic carbocycles. The fourth-order valence-electron chi connectivity index (χ4n) is 3.88. The van der Waals surface area contributed by atoms with E-state index < -0.39 is 23.7 Å². The fraction of sp³-hybridized carbons (Fsp3) is 0.115. The minimum absolute atomic E-state index is 0.0528. The summed E-state index contributed by atoms with van der Waals surface area (Å²) in [6, 6.07) is 20.9. The molecule has 1 atom stereocenters. The molecule has 1 heterocycles. The first-order chi connectivity index (χ1) is 16.0. The van der Waals surface area contributed by atoms with Crippen molar-refractivity contribution < 1.29 is 29.0 Å². The summed E-state index contributed by atoms with van der Waals surface area (Å²) < 4.78 is 10.0. The molecule has 4 rings (SSSR count). The molecule has 166 valence electrons. The molecule has 0 bridgehead atoms. The highest BCUT2D eigenvalue weighted by Gasteiger charge is 2.47. The topological polar surface area (TPSA) is 93.1 Å². The fourth-order valence-corrected chi connectivity index (χ4v) is 3.88. The van der Waals surface area contributed by atoms with Crippen molar-refractivity contribution in [3.8, 4) is 5.75 Å². The van der Waals surface area contributed by atoms with Crippen LogP contribution < -0.4 is 9.64 Å². The maximum Gasteiger partial charge on any atom is 0.337 e. The van der Waals surface area contributed by atoms with Crippen molar-refractivity contribution in [2.45, 2.75) is 6.04 Å². The van der Waals surface area contributed by atoms with Crippen LogP contribution in [-0.2, 0) is 14.3 Å². The number of aliphatic hydroxyl groups is 1. The zero-order valence-corrected chi connectivity index (χ0v) is 18.0. The lowest BCUT2D eigenvalue weighted by Gasteiger charge is -2.25. The summed E-state index contributed by atoms with van der Waals surface area (Å²) in [7, 11) is 2.76. The number of carbonyl (C=O) groups is 3. The third-order valence-electron chi connectivity index (χ3n) is 5.45. The molecule has 0 spiro atoms. The van der Waals surface area contributed by atoms with E-state index in [1.54, 1.807) is 66.7 Å². The number of aliphatic hydroxyl groups excluding tert-OH is 1. The van der Waals surface area contributed by atoms with E-state index in [1.165, 1.54) is 25.2 Å². The summed E-state index contributed by atoms with van der Waals surface area (Å²) in [5.74, 6) is -2.02. The molecule has 0 saturated carbocycles. The highest BCUT2D eigenvalue weighted by Crippen LogP contribution is 2.42. The van der Waals surface area contributed by atoms with Crippen LogP contribution in [-0.4, -0.2) is 37.0 Å². The number of carbonyl (C=O) groups excluding carboxylic acids is 3. The van der Waals surface area contributed by atoms with Gasteiger partial charge in [0.15, 0.2) is 0 Å². The summed E-state index contributed by atoms with van der Waals surface area (Å²) >= 11 is 0. The maximum absolute atomic E-state index is 13.2. The van der Waals surface area contributed by atoms with Crippen molar-refractivity contribution >= 4 is 29.1 Å². The van der Waals surface area contributed by atoms with E-state index in [0.29, 0.717) is 22.6 Å². The molecule has 1 unspecified atom stereocenters. The molecular weight excluding hydrogens is 422 g/mol. The van der Waals surface area contributed by atoms with E-state index in [9.17, 15) is 19.5 Å². The van der Waals surface area contributed by atoms with Gasteiger partial charge < -0.3 is 14.6 Å². The number of rotatable bonds is 5. The number of amides is 1. The van der Waals surface area contributed by atoms with Gasteiger partial charge in [0.1, 0.15) is 11.5 Å². The Hall–Kier alpha value is -4.39. The largest absolute Gasteiger partial charge is 0.507 e. The predicted molar refractivity (Wildman–Crippen MR) is 122 cm³/mol. The third-order valence-corrected chi connectivity index (χ3v) is 5.45. The van der Waals surface area contributed by atoms with Crippen molar-refractivity contribution in [3.63, 3.8) is 0 Å². The van der Waals surface area contributed by atoms with Gasteiger partial charge in [0.2, 0.25) is 0 Å². The minimum Gasteiger partial charge on any atom is -0.507 e. The molecule has 33 heavy (non-hydrogen) atoms. The number of nitrogens with zero attached hydrogens (tertiary/aromatic N) is 1. The Morgan fingerprint density at radius 2 is 1.58 bits per heavy atom. The van der Waals surface area contributed by atoms with Gasteiger partial charge >= 0.3 is 5.97 Å². The minimum atomic E-state index is -0.898. The molecule has 1 amide bonds. The smallest absolute Gasteiger partial charge is 0.337 e. The normalized spacial score (nSPS) is 17.2. The first-order valence-corrected chi connectivity index (χ1v) is 10.1. The van der Waals surface area contributed by atoms with Crippen molar-refractivity contribution in [1.82, 2.24) is 0 Å². The Balaban J connectivity index is 1.92. The average Bonchev–Trinajstić information content (AvgIpc) is 3.14.